The van der Waals surface area contributed by atoms with Crippen LogP contribution in [0.15, 0.2) is 72.0 Å². The first kappa shape index (κ1) is 17.6. The lowest BCUT2D eigenvalue weighted by atomic mass is 10.1. The number of hydrazone groups is 1. The van der Waals surface area contributed by atoms with Crippen molar-refractivity contribution in [2.45, 2.75) is 33.4 Å². The molecule has 1 fully saturated rings. The van der Waals surface area contributed by atoms with Crippen LogP contribution < -0.4 is 5.01 Å². The lowest BCUT2D eigenvalue weighted by Gasteiger charge is -2.21. The number of hydrogen-bond acceptors (Lipinski definition) is 3. The van der Waals surface area contributed by atoms with E-state index >= 15 is 0 Å². The maximum absolute atomic E-state index is 5.40. The van der Waals surface area contributed by atoms with Crippen LogP contribution in [0.1, 0.15) is 23.7 Å². The Morgan fingerprint density at radius 1 is 1.04 bits per heavy atom. The van der Waals surface area contributed by atoms with Crippen molar-refractivity contribution >= 4 is 17.1 Å². The Morgan fingerprint density at radius 3 is 2.11 bits per heavy atom. The fourth-order valence-electron chi connectivity index (χ4n) is 3.56. The van der Waals surface area contributed by atoms with Crippen LogP contribution in [-0.2, 0) is 11.3 Å². The summed E-state index contributed by atoms with van der Waals surface area (Å²) in [6.45, 7) is 8.20. The molecule has 138 valence electrons. The Balaban J connectivity index is 1.73. The van der Waals surface area contributed by atoms with Gasteiger partial charge in [0.15, 0.2) is 0 Å². The van der Waals surface area contributed by atoms with Gasteiger partial charge in [-0.3, -0.25) is 0 Å². The molecule has 1 unspecified atom stereocenters. The number of ether oxygens (including phenoxy) is 1. The lowest BCUT2D eigenvalue weighted by molar-refractivity contribution is 0.381. The van der Waals surface area contributed by atoms with E-state index in [4.69, 9.17) is 9.84 Å². The first-order chi connectivity index (χ1) is 13.1. The molecule has 4 heteroatoms. The molecule has 1 atom stereocenters. The van der Waals surface area contributed by atoms with E-state index in [1.807, 2.05) is 41.4 Å². The Morgan fingerprint density at radius 2 is 1.59 bits per heavy atom. The van der Waals surface area contributed by atoms with Crippen LogP contribution in [0, 0.1) is 13.8 Å². The molecule has 1 aliphatic rings. The highest BCUT2D eigenvalue weighted by Gasteiger charge is 2.24. The summed E-state index contributed by atoms with van der Waals surface area (Å²) < 4.78 is 7.69. The summed E-state index contributed by atoms with van der Waals surface area (Å²) in [7, 11) is 0. The average molecular weight is 359 g/mol. The number of anilines is 2. The van der Waals surface area contributed by atoms with E-state index in [0.29, 0.717) is 6.10 Å². The van der Waals surface area contributed by atoms with Gasteiger partial charge in [0.05, 0.1) is 36.3 Å². The first-order valence-corrected chi connectivity index (χ1v) is 9.37. The number of aryl methyl sites for hydroxylation is 1. The molecular weight excluding hydrogens is 334 g/mol. The quantitative estimate of drug-likeness (QED) is 0.350. The third kappa shape index (κ3) is 3.81. The van der Waals surface area contributed by atoms with Crippen molar-refractivity contribution in [1.82, 2.24) is 4.57 Å². The second-order valence-electron chi connectivity index (χ2n) is 7.05. The Bertz CT molecular complexity index is 901. The molecule has 1 saturated heterocycles. The summed E-state index contributed by atoms with van der Waals surface area (Å²) in [5, 5.41) is 7.03. The van der Waals surface area contributed by atoms with Crippen molar-refractivity contribution < 1.29 is 4.74 Å². The van der Waals surface area contributed by atoms with Crippen LogP contribution in [0.25, 0.3) is 0 Å². The van der Waals surface area contributed by atoms with E-state index in [-0.39, 0.29) is 0 Å². The summed E-state index contributed by atoms with van der Waals surface area (Å²) in [6, 6.07) is 20.5. The molecule has 1 aromatic heterocycles. The van der Waals surface area contributed by atoms with Crippen molar-refractivity contribution in [3.63, 3.8) is 0 Å². The Labute approximate surface area is 160 Å². The minimum Gasteiger partial charge on any atom is -0.371 e. The van der Waals surface area contributed by atoms with Crippen molar-refractivity contribution in [3.05, 3.63) is 83.7 Å². The maximum Gasteiger partial charge on any atom is 0.0988 e. The molecule has 4 rings (SSSR count). The zero-order valence-corrected chi connectivity index (χ0v) is 16.1. The van der Waals surface area contributed by atoms with Gasteiger partial charge in [0.25, 0.3) is 0 Å². The van der Waals surface area contributed by atoms with Gasteiger partial charge >= 0.3 is 0 Å². The highest BCUT2D eigenvalue weighted by atomic mass is 16.6. The molecule has 2 heterocycles. The first-order valence-electron chi connectivity index (χ1n) is 9.37. The van der Waals surface area contributed by atoms with Gasteiger partial charge in [-0.25, -0.2) is 5.01 Å². The molecule has 0 bridgehead atoms. The van der Waals surface area contributed by atoms with Gasteiger partial charge in [-0.1, -0.05) is 36.4 Å². The highest BCUT2D eigenvalue weighted by Crippen LogP contribution is 2.27. The normalized spacial score (nSPS) is 16.4. The summed E-state index contributed by atoms with van der Waals surface area (Å²) in [5.41, 5.74) is 6.80. The van der Waals surface area contributed by atoms with Crippen molar-refractivity contribution in [1.29, 1.82) is 0 Å². The monoisotopic (exact) mass is 359 g/mol. The second-order valence-corrected chi connectivity index (χ2v) is 7.05. The minimum atomic E-state index is 0.366. The van der Waals surface area contributed by atoms with Crippen molar-refractivity contribution in [2.75, 3.05) is 11.6 Å². The molecule has 0 N–H and O–H groups in total. The van der Waals surface area contributed by atoms with Crippen LogP contribution >= 0.6 is 0 Å². The average Bonchev–Trinajstić information content (AvgIpc) is 3.46. The van der Waals surface area contributed by atoms with Gasteiger partial charge in [0.1, 0.15) is 0 Å². The smallest absolute Gasteiger partial charge is 0.0988 e. The zero-order valence-electron chi connectivity index (χ0n) is 16.1. The van der Waals surface area contributed by atoms with Crippen LogP contribution in [0.3, 0.4) is 0 Å². The van der Waals surface area contributed by atoms with Gasteiger partial charge in [0.2, 0.25) is 0 Å². The summed E-state index contributed by atoms with van der Waals surface area (Å²) in [6.07, 6.45) is 2.58. The molecule has 1 aliphatic heterocycles. The standard InChI is InChI=1S/C23H25N3O/c1-17-14-25(15-22-16-27-22)19(3)23(17)18(2)24-26(20-10-6-4-7-11-20)21-12-8-5-9-13-21/h4-14,22H,15-16H2,1-3H3. The largest absolute Gasteiger partial charge is 0.371 e. The lowest BCUT2D eigenvalue weighted by Crippen LogP contribution is -2.13. The molecular formula is C23H25N3O. The van der Waals surface area contributed by atoms with E-state index in [2.05, 4.69) is 55.8 Å². The molecule has 0 spiro atoms. The number of para-hydroxylation sites is 2. The van der Waals surface area contributed by atoms with E-state index in [0.717, 1.165) is 30.2 Å². The van der Waals surface area contributed by atoms with E-state index in [9.17, 15) is 0 Å². The molecule has 0 aliphatic carbocycles. The van der Waals surface area contributed by atoms with Crippen LogP contribution in [0.5, 0.6) is 0 Å². The van der Waals surface area contributed by atoms with E-state index in [1.54, 1.807) is 0 Å². The van der Waals surface area contributed by atoms with E-state index in [1.165, 1.54) is 16.8 Å². The van der Waals surface area contributed by atoms with Crippen LogP contribution in [0.4, 0.5) is 11.4 Å². The minimum absolute atomic E-state index is 0.366. The molecule has 0 saturated carbocycles. The molecule has 2 aromatic carbocycles. The molecule has 27 heavy (non-hydrogen) atoms. The highest BCUT2D eigenvalue weighted by molar-refractivity contribution is 6.02. The van der Waals surface area contributed by atoms with Gasteiger partial charge < -0.3 is 9.30 Å². The zero-order chi connectivity index (χ0) is 18.8. The van der Waals surface area contributed by atoms with Gasteiger partial charge in [-0.15, -0.1) is 0 Å². The number of rotatable bonds is 6. The predicted molar refractivity (Wildman–Crippen MR) is 111 cm³/mol. The number of benzene rings is 2. The number of aromatic nitrogens is 1. The molecule has 0 amide bonds. The molecule has 4 nitrogen and oxygen atoms in total. The van der Waals surface area contributed by atoms with Gasteiger partial charge in [0, 0.05) is 17.5 Å². The summed E-state index contributed by atoms with van der Waals surface area (Å²) >= 11 is 0. The van der Waals surface area contributed by atoms with E-state index < -0.39 is 0 Å². The summed E-state index contributed by atoms with van der Waals surface area (Å²) in [5.74, 6) is 0. The van der Waals surface area contributed by atoms with Crippen LogP contribution in [0.2, 0.25) is 0 Å². The molecule has 0 radical (unpaired) electrons. The summed E-state index contributed by atoms with van der Waals surface area (Å²) in [4.78, 5) is 0. The molecule has 3 aromatic rings. The van der Waals surface area contributed by atoms with Crippen LogP contribution in [-0.4, -0.2) is 23.0 Å². The Hall–Kier alpha value is -2.85. The predicted octanol–water partition coefficient (Wildman–Crippen LogP) is 5.07. The van der Waals surface area contributed by atoms with Crippen molar-refractivity contribution in [3.8, 4) is 0 Å². The third-order valence-corrected chi connectivity index (χ3v) is 4.95. The fourth-order valence-corrected chi connectivity index (χ4v) is 3.56. The maximum atomic E-state index is 5.40. The van der Waals surface area contributed by atoms with Gasteiger partial charge in [-0.2, -0.15) is 5.10 Å². The van der Waals surface area contributed by atoms with Gasteiger partial charge in [-0.05, 0) is 50.6 Å². The topological polar surface area (TPSA) is 33.1 Å². The number of epoxide rings is 1. The second kappa shape index (κ2) is 7.41. The number of nitrogens with zero attached hydrogens (tertiary/aromatic N) is 3. The third-order valence-electron chi connectivity index (χ3n) is 4.95. The Kier molecular flexibility index (Phi) is 4.82. The number of hydrogen-bond donors (Lipinski definition) is 0. The fraction of sp³-hybridized carbons (Fsp3) is 0.261. The SMILES string of the molecule is CC(=NN(c1ccccc1)c1ccccc1)c1c(C)cn(CC2CO2)c1C. The van der Waals surface area contributed by atoms with Crippen molar-refractivity contribution in [2.24, 2.45) is 5.10 Å².